The number of halogens is 2. The number of nitrogens with zero attached hydrogens (tertiary/aromatic N) is 1. The summed E-state index contributed by atoms with van der Waals surface area (Å²) in [6, 6.07) is 2.18. The van der Waals surface area contributed by atoms with E-state index in [9.17, 15) is 18.4 Å². The van der Waals surface area contributed by atoms with Crippen LogP contribution in [0.5, 0.6) is 0 Å². The van der Waals surface area contributed by atoms with Crippen LogP contribution in [0.2, 0.25) is 0 Å². The van der Waals surface area contributed by atoms with Crippen LogP contribution < -0.4 is 0 Å². The van der Waals surface area contributed by atoms with Crippen LogP contribution in [0.1, 0.15) is 24.8 Å². The molecule has 0 saturated carbocycles. The highest BCUT2D eigenvalue weighted by molar-refractivity contribution is 5.84. The number of benzene rings is 1. The molecule has 0 aromatic heterocycles. The van der Waals surface area contributed by atoms with Crippen molar-refractivity contribution in [3.63, 3.8) is 0 Å². The molecule has 7 heteroatoms. The number of rotatable bonds is 4. The number of aliphatic carboxylic acids is 1. The molecule has 120 valence electrons. The van der Waals surface area contributed by atoms with Crippen molar-refractivity contribution in [1.82, 2.24) is 4.90 Å². The predicted octanol–water partition coefficient (Wildman–Crippen LogP) is 1.77. The first kappa shape index (κ1) is 16.4. The van der Waals surface area contributed by atoms with E-state index in [1.807, 2.05) is 0 Å². The van der Waals surface area contributed by atoms with E-state index in [1.54, 1.807) is 6.92 Å². The van der Waals surface area contributed by atoms with Gasteiger partial charge in [-0.1, -0.05) is 13.0 Å². The van der Waals surface area contributed by atoms with E-state index in [-0.39, 0.29) is 37.6 Å². The molecule has 0 radical (unpaired) electrons. The minimum absolute atomic E-state index is 0.0493. The zero-order chi connectivity index (χ0) is 16.3. The van der Waals surface area contributed by atoms with Gasteiger partial charge in [0.25, 0.3) is 0 Å². The third kappa shape index (κ3) is 3.59. The SMILES string of the molecule is CC(CC(=O)N1CCOCC1C(=O)O)c1ccc(F)cc1F. The summed E-state index contributed by atoms with van der Waals surface area (Å²) in [5.41, 5.74) is 0.231. The summed E-state index contributed by atoms with van der Waals surface area (Å²) in [6.45, 7) is 2.05. The second-order valence-electron chi connectivity index (χ2n) is 5.29. The van der Waals surface area contributed by atoms with Crippen molar-refractivity contribution in [3.8, 4) is 0 Å². The van der Waals surface area contributed by atoms with Crippen molar-refractivity contribution in [1.29, 1.82) is 0 Å². The molecular formula is C15H17F2NO4. The molecule has 0 bridgehead atoms. The number of carbonyl (C=O) groups is 2. The summed E-state index contributed by atoms with van der Waals surface area (Å²) in [5, 5.41) is 9.11. The molecule has 2 atom stereocenters. The van der Waals surface area contributed by atoms with Crippen LogP contribution in [0.3, 0.4) is 0 Å². The van der Waals surface area contributed by atoms with E-state index in [0.29, 0.717) is 0 Å². The van der Waals surface area contributed by atoms with Gasteiger partial charge in [0.2, 0.25) is 5.91 Å². The highest BCUT2D eigenvalue weighted by atomic mass is 19.1. The van der Waals surface area contributed by atoms with Gasteiger partial charge in [-0.3, -0.25) is 4.79 Å². The fourth-order valence-corrected chi connectivity index (χ4v) is 2.50. The fourth-order valence-electron chi connectivity index (χ4n) is 2.50. The number of morpholine rings is 1. The second-order valence-corrected chi connectivity index (χ2v) is 5.29. The van der Waals surface area contributed by atoms with Crippen LogP contribution in [0, 0.1) is 11.6 Å². The summed E-state index contributed by atoms with van der Waals surface area (Å²) >= 11 is 0. The Morgan fingerprint density at radius 1 is 1.45 bits per heavy atom. The first-order chi connectivity index (χ1) is 10.4. The lowest BCUT2D eigenvalue weighted by Crippen LogP contribution is -2.52. The summed E-state index contributed by atoms with van der Waals surface area (Å²) < 4.78 is 31.7. The smallest absolute Gasteiger partial charge is 0.328 e. The molecule has 0 spiro atoms. The number of amides is 1. The van der Waals surface area contributed by atoms with Crippen molar-refractivity contribution >= 4 is 11.9 Å². The van der Waals surface area contributed by atoms with Crippen LogP contribution in [0.25, 0.3) is 0 Å². The molecule has 1 N–H and O–H groups in total. The number of carboxylic acids is 1. The van der Waals surface area contributed by atoms with Gasteiger partial charge in [0.1, 0.15) is 11.6 Å². The number of carboxylic acid groups (broad SMARTS) is 1. The van der Waals surface area contributed by atoms with Gasteiger partial charge in [-0.2, -0.15) is 0 Å². The van der Waals surface area contributed by atoms with Crippen molar-refractivity contribution in [2.75, 3.05) is 19.8 Å². The average molecular weight is 313 g/mol. The lowest BCUT2D eigenvalue weighted by Gasteiger charge is -2.33. The third-order valence-corrected chi connectivity index (χ3v) is 3.71. The molecule has 1 heterocycles. The molecule has 1 aliphatic rings. The summed E-state index contributed by atoms with van der Waals surface area (Å²) in [6.07, 6.45) is -0.0493. The van der Waals surface area contributed by atoms with Crippen molar-refractivity contribution in [3.05, 3.63) is 35.4 Å². The standard InChI is InChI=1S/C15H17F2NO4/c1-9(11-3-2-10(16)7-12(11)17)6-14(19)18-4-5-22-8-13(18)15(20)21/h2-3,7,9,13H,4-6,8H2,1H3,(H,20,21). The number of ether oxygens (including phenoxy) is 1. The van der Waals surface area contributed by atoms with Crippen LogP contribution in [0.4, 0.5) is 8.78 Å². The molecular weight excluding hydrogens is 296 g/mol. The normalized spacial score (nSPS) is 19.8. The number of hydrogen-bond acceptors (Lipinski definition) is 3. The monoisotopic (exact) mass is 313 g/mol. The Hall–Kier alpha value is -2.02. The zero-order valence-electron chi connectivity index (χ0n) is 12.1. The molecule has 1 amide bonds. The Bertz CT molecular complexity index is 579. The van der Waals surface area contributed by atoms with Gasteiger partial charge in [-0.15, -0.1) is 0 Å². The van der Waals surface area contributed by atoms with Gasteiger partial charge in [-0.25, -0.2) is 13.6 Å². The minimum atomic E-state index is -1.13. The van der Waals surface area contributed by atoms with Crippen molar-refractivity contribution in [2.24, 2.45) is 0 Å². The molecule has 1 aliphatic heterocycles. The lowest BCUT2D eigenvalue weighted by molar-refractivity contribution is -0.158. The molecule has 1 fully saturated rings. The van der Waals surface area contributed by atoms with Crippen LogP contribution in [0.15, 0.2) is 18.2 Å². The van der Waals surface area contributed by atoms with Crippen LogP contribution in [-0.4, -0.2) is 47.7 Å². The molecule has 1 saturated heterocycles. The molecule has 5 nitrogen and oxygen atoms in total. The molecule has 2 rings (SSSR count). The fraction of sp³-hybridized carbons (Fsp3) is 0.467. The quantitative estimate of drug-likeness (QED) is 0.920. The second kappa shape index (κ2) is 6.83. The van der Waals surface area contributed by atoms with Crippen molar-refractivity contribution in [2.45, 2.75) is 25.3 Å². The van der Waals surface area contributed by atoms with Gasteiger partial charge >= 0.3 is 5.97 Å². The van der Waals surface area contributed by atoms with Gasteiger partial charge in [0.15, 0.2) is 6.04 Å². The number of hydrogen-bond donors (Lipinski definition) is 1. The highest BCUT2D eigenvalue weighted by Crippen LogP contribution is 2.24. The Morgan fingerprint density at radius 2 is 2.18 bits per heavy atom. The third-order valence-electron chi connectivity index (χ3n) is 3.71. The Morgan fingerprint density at radius 3 is 2.82 bits per heavy atom. The maximum Gasteiger partial charge on any atom is 0.328 e. The number of carbonyl (C=O) groups excluding carboxylic acids is 1. The largest absolute Gasteiger partial charge is 0.480 e. The van der Waals surface area contributed by atoms with Gasteiger partial charge in [-0.05, 0) is 17.5 Å². The van der Waals surface area contributed by atoms with Gasteiger partial charge in [0.05, 0.1) is 13.2 Å². The highest BCUT2D eigenvalue weighted by Gasteiger charge is 2.33. The molecule has 1 aromatic carbocycles. The maximum atomic E-state index is 13.7. The maximum absolute atomic E-state index is 13.7. The first-order valence-electron chi connectivity index (χ1n) is 6.95. The van der Waals surface area contributed by atoms with Crippen molar-refractivity contribution < 1.29 is 28.2 Å². The zero-order valence-corrected chi connectivity index (χ0v) is 12.1. The van der Waals surface area contributed by atoms with Gasteiger partial charge in [0, 0.05) is 19.0 Å². The predicted molar refractivity (Wildman–Crippen MR) is 73.3 cm³/mol. The van der Waals surface area contributed by atoms with Crippen LogP contribution >= 0.6 is 0 Å². The average Bonchev–Trinajstić information content (AvgIpc) is 2.46. The van der Waals surface area contributed by atoms with Gasteiger partial charge < -0.3 is 14.7 Å². The van der Waals surface area contributed by atoms with E-state index in [1.165, 1.54) is 11.0 Å². The molecule has 0 aliphatic carbocycles. The Labute approximate surface area is 126 Å². The van der Waals surface area contributed by atoms with E-state index in [0.717, 1.165) is 12.1 Å². The van der Waals surface area contributed by atoms with E-state index in [2.05, 4.69) is 0 Å². The van der Waals surface area contributed by atoms with E-state index in [4.69, 9.17) is 9.84 Å². The van der Waals surface area contributed by atoms with E-state index >= 15 is 0 Å². The minimum Gasteiger partial charge on any atom is -0.480 e. The van der Waals surface area contributed by atoms with E-state index < -0.39 is 29.6 Å². The molecule has 2 unspecified atom stereocenters. The first-order valence-corrected chi connectivity index (χ1v) is 6.95. The molecule has 22 heavy (non-hydrogen) atoms. The summed E-state index contributed by atoms with van der Waals surface area (Å²) in [5.74, 6) is -3.39. The topological polar surface area (TPSA) is 66.8 Å². The summed E-state index contributed by atoms with van der Waals surface area (Å²) in [4.78, 5) is 24.7. The Kier molecular flexibility index (Phi) is 5.07. The Balaban J connectivity index is 2.08. The van der Waals surface area contributed by atoms with Crippen LogP contribution in [-0.2, 0) is 14.3 Å². The lowest BCUT2D eigenvalue weighted by atomic mass is 9.96. The molecule has 1 aromatic rings. The summed E-state index contributed by atoms with van der Waals surface area (Å²) in [7, 11) is 0.